The zero-order chi connectivity index (χ0) is 19.3. The van der Waals surface area contributed by atoms with E-state index in [1.165, 1.54) is 11.3 Å². The predicted octanol–water partition coefficient (Wildman–Crippen LogP) is 3.49. The zero-order valence-corrected chi connectivity index (χ0v) is 16.6. The van der Waals surface area contributed by atoms with Crippen molar-refractivity contribution in [2.45, 2.75) is 13.8 Å². The molecule has 0 unspecified atom stereocenters. The summed E-state index contributed by atoms with van der Waals surface area (Å²) in [6, 6.07) is 10.0. The fourth-order valence-corrected chi connectivity index (χ4v) is 4.85. The van der Waals surface area contributed by atoms with E-state index in [9.17, 15) is 4.79 Å². The van der Waals surface area contributed by atoms with Crippen LogP contribution in [0.2, 0.25) is 0 Å². The highest BCUT2D eigenvalue weighted by Gasteiger charge is 2.16. The molecule has 0 radical (unpaired) electrons. The molecule has 142 valence electrons. The minimum absolute atomic E-state index is 0.321. The smallest absolute Gasteiger partial charge is 0.345 e. The summed E-state index contributed by atoms with van der Waals surface area (Å²) in [5.41, 5.74) is 2.89. The van der Waals surface area contributed by atoms with Crippen molar-refractivity contribution < 1.29 is 4.42 Å². The number of thiophene rings is 1. The third kappa shape index (κ3) is 2.96. The van der Waals surface area contributed by atoms with Crippen LogP contribution in [0.5, 0.6) is 0 Å². The van der Waals surface area contributed by atoms with Crippen molar-refractivity contribution in [1.29, 1.82) is 0 Å². The maximum Gasteiger partial charge on any atom is 0.345 e. The second-order valence-electron chi connectivity index (χ2n) is 7.09. The average Bonchev–Trinajstić information content (AvgIpc) is 3.12. The molecule has 7 heteroatoms. The molecule has 1 aliphatic heterocycles. The van der Waals surface area contributed by atoms with Gasteiger partial charge in [-0.1, -0.05) is 0 Å². The van der Waals surface area contributed by atoms with Gasteiger partial charge in [0.1, 0.15) is 16.2 Å². The molecule has 0 spiro atoms. The summed E-state index contributed by atoms with van der Waals surface area (Å²) in [6.07, 6.45) is 0. The maximum atomic E-state index is 12.7. The van der Waals surface area contributed by atoms with Gasteiger partial charge in [0.05, 0.1) is 5.56 Å². The predicted molar refractivity (Wildman–Crippen MR) is 113 cm³/mol. The molecule has 1 fully saturated rings. The molecule has 4 heterocycles. The summed E-state index contributed by atoms with van der Waals surface area (Å²) < 4.78 is 5.70. The van der Waals surface area contributed by atoms with Crippen LogP contribution in [0.4, 0.5) is 5.69 Å². The van der Waals surface area contributed by atoms with E-state index >= 15 is 0 Å². The summed E-state index contributed by atoms with van der Waals surface area (Å²) in [5.74, 6) is 0.740. The highest BCUT2D eigenvalue weighted by molar-refractivity contribution is 7.21. The van der Waals surface area contributed by atoms with E-state index in [0.717, 1.165) is 63.9 Å². The quantitative estimate of drug-likeness (QED) is 0.527. The van der Waals surface area contributed by atoms with Crippen molar-refractivity contribution in [3.05, 3.63) is 52.3 Å². The first-order valence-corrected chi connectivity index (χ1v) is 10.2. The minimum Gasteiger partial charge on any atom is -0.422 e. The molecule has 3 aromatic heterocycles. The van der Waals surface area contributed by atoms with Crippen LogP contribution >= 0.6 is 11.3 Å². The van der Waals surface area contributed by atoms with Gasteiger partial charge in [-0.15, -0.1) is 11.3 Å². The van der Waals surface area contributed by atoms with Gasteiger partial charge in [0.25, 0.3) is 0 Å². The van der Waals surface area contributed by atoms with Gasteiger partial charge in [-0.3, -0.25) is 0 Å². The number of anilines is 1. The molecule has 1 saturated heterocycles. The molecular weight excluding hydrogens is 372 g/mol. The Bertz CT molecular complexity index is 1250. The lowest BCUT2D eigenvalue weighted by molar-refractivity contribution is 0.562. The number of nitrogens with one attached hydrogen (secondary N) is 1. The van der Waals surface area contributed by atoms with Crippen molar-refractivity contribution in [2.75, 3.05) is 31.1 Å². The molecule has 1 N–H and O–H groups in total. The molecule has 0 amide bonds. The molecule has 6 nitrogen and oxygen atoms in total. The topological polar surface area (TPSA) is 71.3 Å². The lowest BCUT2D eigenvalue weighted by Gasteiger charge is -2.29. The van der Waals surface area contributed by atoms with Crippen molar-refractivity contribution in [3.8, 4) is 10.4 Å². The lowest BCUT2D eigenvalue weighted by Crippen LogP contribution is -2.43. The molecule has 1 aliphatic rings. The highest BCUT2D eigenvalue weighted by Crippen LogP contribution is 2.33. The highest BCUT2D eigenvalue weighted by atomic mass is 32.1. The number of rotatable bonds is 2. The van der Waals surface area contributed by atoms with Gasteiger partial charge in [-0.25, -0.2) is 14.8 Å². The molecule has 0 atom stereocenters. The Morgan fingerprint density at radius 1 is 1.11 bits per heavy atom. The number of piperazine rings is 1. The van der Waals surface area contributed by atoms with Crippen LogP contribution in [0.1, 0.15) is 11.5 Å². The van der Waals surface area contributed by atoms with Crippen molar-refractivity contribution >= 4 is 38.2 Å². The Morgan fingerprint density at radius 2 is 1.93 bits per heavy atom. The SMILES string of the molecule is Cc1nc(C)c2cc(-c3cc4ccc(N5CCNCC5)cc4oc3=O)sc2n1. The number of hydrogen-bond donors (Lipinski definition) is 1. The van der Waals surface area contributed by atoms with Crippen LogP contribution in [-0.2, 0) is 0 Å². The number of nitrogens with zero attached hydrogens (tertiary/aromatic N) is 3. The number of hydrogen-bond acceptors (Lipinski definition) is 7. The molecule has 0 aliphatic carbocycles. The Labute approximate surface area is 165 Å². The second-order valence-corrected chi connectivity index (χ2v) is 8.12. The largest absolute Gasteiger partial charge is 0.422 e. The van der Waals surface area contributed by atoms with Gasteiger partial charge in [0, 0.05) is 59.3 Å². The van der Waals surface area contributed by atoms with Crippen LogP contribution in [0.15, 0.2) is 39.5 Å². The van der Waals surface area contributed by atoms with E-state index in [4.69, 9.17) is 4.42 Å². The Hall–Kier alpha value is -2.77. The number of aryl methyl sites for hydroxylation is 2. The average molecular weight is 392 g/mol. The monoisotopic (exact) mass is 392 g/mol. The molecule has 0 saturated carbocycles. The molecule has 5 rings (SSSR count). The summed E-state index contributed by atoms with van der Waals surface area (Å²) in [7, 11) is 0. The van der Waals surface area contributed by atoms with E-state index in [-0.39, 0.29) is 5.63 Å². The second kappa shape index (κ2) is 6.68. The fraction of sp³-hybridized carbons (Fsp3) is 0.286. The van der Waals surface area contributed by atoms with Crippen LogP contribution in [0.3, 0.4) is 0 Å². The maximum absolute atomic E-state index is 12.7. The summed E-state index contributed by atoms with van der Waals surface area (Å²) in [6.45, 7) is 7.69. The first kappa shape index (κ1) is 17.3. The molecule has 0 bridgehead atoms. The van der Waals surface area contributed by atoms with E-state index in [0.29, 0.717) is 11.1 Å². The van der Waals surface area contributed by atoms with Gasteiger partial charge in [0.15, 0.2) is 0 Å². The van der Waals surface area contributed by atoms with Crippen LogP contribution < -0.4 is 15.8 Å². The molecular formula is C21H20N4O2S. The summed E-state index contributed by atoms with van der Waals surface area (Å²) in [5, 5.41) is 5.26. The standard InChI is InChI=1S/C21H20N4O2S/c1-12-16-11-19(28-20(16)24-13(2)23-12)17-9-14-3-4-15(10-18(14)27-21(17)26)25-7-5-22-6-8-25/h3-4,9-11,22H,5-8H2,1-2H3. The molecule has 1 aromatic carbocycles. The normalized spacial score (nSPS) is 14.9. The first-order chi connectivity index (χ1) is 13.6. The summed E-state index contributed by atoms with van der Waals surface area (Å²) >= 11 is 1.50. The van der Waals surface area contributed by atoms with E-state index in [1.807, 2.05) is 38.1 Å². The lowest BCUT2D eigenvalue weighted by atomic mass is 10.1. The third-order valence-corrected chi connectivity index (χ3v) is 6.22. The molecule has 28 heavy (non-hydrogen) atoms. The van der Waals surface area contributed by atoms with E-state index < -0.39 is 0 Å². The third-order valence-electron chi connectivity index (χ3n) is 5.16. The zero-order valence-electron chi connectivity index (χ0n) is 15.8. The molecule has 4 aromatic rings. The Balaban J connectivity index is 1.60. The summed E-state index contributed by atoms with van der Waals surface area (Å²) in [4.78, 5) is 25.7. The van der Waals surface area contributed by atoms with Crippen molar-refractivity contribution in [3.63, 3.8) is 0 Å². The van der Waals surface area contributed by atoms with Gasteiger partial charge >= 0.3 is 5.63 Å². The van der Waals surface area contributed by atoms with Crippen LogP contribution in [0.25, 0.3) is 31.6 Å². The van der Waals surface area contributed by atoms with E-state index in [2.05, 4.69) is 26.3 Å². The number of benzene rings is 1. The van der Waals surface area contributed by atoms with E-state index in [1.54, 1.807) is 0 Å². The van der Waals surface area contributed by atoms with Gasteiger partial charge < -0.3 is 14.6 Å². The fourth-order valence-electron chi connectivity index (χ4n) is 3.72. The number of fused-ring (bicyclic) bond motifs is 2. The Kier molecular flexibility index (Phi) is 4.14. The van der Waals surface area contributed by atoms with Gasteiger partial charge in [0.2, 0.25) is 0 Å². The Morgan fingerprint density at radius 3 is 2.75 bits per heavy atom. The van der Waals surface area contributed by atoms with Crippen molar-refractivity contribution in [1.82, 2.24) is 15.3 Å². The van der Waals surface area contributed by atoms with Gasteiger partial charge in [-0.2, -0.15) is 0 Å². The van der Waals surface area contributed by atoms with Crippen LogP contribution in [-0.4, -0.2) is 36.1 Å². The van der Waals surface area contributed by atoms with Crippen molar-refractivity contribution in [2.24, 2.45) is 0 Å². The minimum atomic E-state index is -0.321. The van der Waals surface area contributed by atoms with Gasteiger partial charge in [-0.05, 0) is 38.1 Å². The van der Waals surface area contributed by atoms with Crippen LogP contribution in [0, 0.1) is 13.8 Å². The first-order valence-electron chi connectivity index (χ1n) is 9.37. The number of aromatic nitrogens is 2.